The first-order chi connectivity index (χ1) is 12.2. The molecule has 2 aromatic rings. The summed E-state index contributed by atoms with van der Waals surface area (Å²) in [6.07, 6.45) is 5.86. The number of benzene rings is 2. The average Bonchev–Trinajstić information content (AvgIpc) is 2.67. The average molecular weight is 356 g/mol. The maximum Gasteiger partial charge on any atom is 0.222 e. The van der Waals surface area contributed by atoms with E-state index in [4.69, 9.17) is 11.6 Å². The second-order valence-electron chi connectivity index (χ2n) is 6.90. The fraction of sp³-hybridized carbons (Fsp3) is 0.409. The molecule has 1 amide bonds. The van der Waals surface area contributed by atoms with E-state index in [-0.39, 0.29) is 0 Å². The Kier molecular flexibility index (Phi) is 6.52. The molecule has 1 heterocycles. The lowest BCUT2D eigenvalue weighted by atomic mass is 9.89. The number of likely N-dealkylation sites (tertiary alicyclic amines) is 1. The highest BCUT2D eigenvalue weighted by Crippen LogP contribution is 2.28. The summed E-state index contributed by atoms with van der Waals surface area (Å²) in [5.74, 6) is 0.928. The van der Waals surface area contributed by atoms with Crippen LogP contribution in [0, 0.1) is 0 Å². The van der Waals surface area contributed by atoms with Crippen molar-refractivity contribution in [1.82, 2.24) is 4.90 Å². The molecule has 0 aliphatic carbocycles. The quantitative estimate of drug-likeness (QED) is 0.630. The lowest BCUT2D eigenvalue weighted by Crippen LogP contribution is -2.37. The topological polar surface area (TPSA) is 20.3 Å². The van der Waals surface area contributed by atoms with Crippen LogP contribution in [0.4, 0.5) is 0 Å². The number of carbonyl (C=O) groups is 1. The van der Waals surface area contributed by atoms with E-state index in [0.717, 1.165) is 50.2 Å². The van der Waals surface area contributed by atoms with Crippen molar-refractivity contribution in [2.45, 2.75) is 44.4 Å². The van der Waals surface area contributed by atoms with E-state index in [2.05, 4.69) is 47.4 Å². The second-order valence-corrected chi connectivity index (χ2v) is 7.34. The normalized spacial score (nSPS) is 15.3. The van der Waals surface area contributed by atoms with Gasteiger partial charge < -0.3 is 4.90 Å². The van der Waals surface area contributed by atoms with Crippen molar-refractivity contribution in [3.8, 4) is 0 Å². The molecule has 3 heteroatoms. The molecule has 1 aliphatic heterocycles. The number of nitrogens with zero attached hydrogens (tertiary/aromatic N) is 1. The highest BCUT2D eigenvalue weighted by molar-refractivity contribution is 6.30. The largest absolute Gasteiger partial charge is 0.343 e. The van der Waals surface area contributed by atoms with E-state index in [1.165, 1.54) is 11.1 Å². The first-order valence-electron chi connectivity index (χ1n) is 9.29. The third-order valence-electron chi connectivity index (χ3n) is 5.14. The van der Waals surface area contributed by atoms with Gasteiger partial charge in [-0.1, -0.05) is 54.1 Å². The first kappa shape index (κ1) is 18.0. The van der Waals surface area contributed by atoms with Gasteiger partial charge in [-0.3, -0.25) is 4.79 Å². The molecule has 1 fully saturated rings. The smallest absolute Gasteiger partial charge is 0.222 e. The van der Waals surface area contributed by atoms with Gasteiger partial charge in [0, 0.05) is 24.5 Å². The van der Waals surface area contributed by atoms with E-state index in [1.54, 1.807) is 0 Å². The number of piperidine rings is 1. The Morgan fingerprint density at radius 2 is 1.64 bits per heavy atom. The van der Waals surface area contributed by atoms with Crippen LogP contribution in [0.15, 0.2) is 54.6 Å². The molecule has 132 valence electrons. The first-order valence-corrected chi connectivity index (χ1v) is 9.67. The Morgan fingerprint density at radius 3 is 2.32 bits per heavy atom. The molecule has 1 aliphatic rings. The van der Waals surface area contributed by atoms with Crippen LogP contribution >= 0.6 is 11.6 Å². The van der Waals surface area contributed by atoms with Crippen molar-refractivity contribution in [3.63, 3.8) is 0 Å². The number of halogens is 1. The van der Waals surface area contributed by atoms with Gasteiger partial charge in [0.2, 0.25) is 5.91 Å². The van der Waals surface area contributed by atoms with Crippen LogP contribution in [0.3, 0.4) is 0 Å². The zero-order chi connectivity index (χ0) is 17.5. The lowest BCUT2D eigenvalue weighted by molar-refractivity contribution is -0.132. The molecule has 25 heavy (non-hydrogen) atoms. The number of hydrogen-bond donors (Lipinski definition) is 0. The Labute approximate surface area is 155 Å². The summed E-state index contributed by atoms with van der Waals surface area (Å²) < 4.78 is 0. The zero-order valence-corrected chi connectivity index (χ0v) is 15.4. The molecule has 0 N–H and O–H groups in total. The van der Waals surface area contributed by atoms with E-state index >= 15 is 0 Å². The van der Waals surface area contributed by atoms with Crippen LogP contribution < -0.4 is 0 Å². The predicted octanol–water partition coefficient (Wildman–Crippen LogP) is 5.46. The van der Waals surface area contributed by atoms with E-state index in [9.17, 15) is 4.79 Å². The monoisotopic (exact) mass is 355 g/mol. The SMILES string of the molecule is O=C(CCCCc1ccc(Cl)cc1)N1CCC(c2ccccc2)CC1. The molecule has 2 aromatic carbocycles. The van der Waals surface area contributed by atoms with Gasteiger partial charge in [0.25, 0.3) is 0 Å². The number of rotatable bonds is 6. The Balaban J connectivity index is 1.36. The number of carbonyl (C=O) groups excluding carboxylic acids is 1. The Hall–Kier alpha value is -1.80. The van der Waals surface area contributed by atoms with Gasteiger partial charge in [-0.15, -0.1) is 0 Å². The maximum absolute atomic E-state index is 12.4. The van der Waals surface area contributed by atoms with Gasteiger partial charge >= 0.3 is 0 Å². The Bertz CT molecular complexity index is 660. The summed E-state index contributed by atoms with van der Waals surface area (Å²) in [4.78, 5) is 14.5. The van der Waals surface area contributed by atoms with E-state index < -0.39 is 0 Å². The molecule has 0 radical (unpaired) electrons. The summed E-state index contributed by atoms with van der Waals surface area (Å²) in [5.41, 5.74) is 2.71. The summed E-state index contributed by atoms with van der Waals surface area (Å²) >= 11 is 5.90. The van der Waals surface area contributed by atoms with Crippen molar-refractivity contribution in [1.29, 1.82) is 0 Å². The minimum Gasteiger partial charge on any atom is -0.343 e. The minimum atomic E-state index is 0.322. The van der Waals surface area contributed by atoms with Crippen molar-refractivity contribution in [2.24, 2.45) is 0 Å². The van der Waals surface area contributed by atoms with Gasteiger partial charge in [0.05, 0.1) is 0 Å². The van der Waals surface area contributed by atoms with Crippen LogP contribution in [0.5, 0.6) is 0 Å². The summed E-state index contributed by atoms with van der Waals surface area (Å²) in [6.45, 7) is 1.80. The molecular formula is C22H26ClNO. The molecule has 0 spiro atoms. The van der Waals surface area contributed by atoms with Crippen LogP contribution in [0.2, 0.25) is 5.02 Å². The lowest BCUT2D eigenvalue weighted by Gasteiger charge is -2.32. The zero-order valence-electron chi connectivity index (χ0n) is 14.7. The van der Waals surface area contributed by atoms with E-state index in [1.807, 2.05) is 12.1 Å². The molecular weight excluding hydrogens is 330 g/mol. The van der Waals surface area contributed by atoms with Crippen LogP contribution in [-0.4, -0.2) is 23.9 Å². The molecule has 0 aromatic heterocycles. The highest BCUT2D eigenvalue weighted by atomic mass is 35.5. The maximum atomic E-state index is 12.4. The highest BCUT2D eigenvalue weighted by Gasteiger charge is 2.23. The summed E-state index contributed by atoms with van der Waals surface area (Å²) in [5, 5.41) is 0.776. The molecule has 2 nitrogen and oxygen atoms in total. The number of aryl methyl sites for hydroxylation is 1. The third kappa shape index (κ3) is 5.34. The molecule has 1 saturated heterocycles. The molecule has 0 atom stereocenters. The van der Waals surface area contributed by atoms with Gasteiger partial charge in [-0.25, -0.2) is 0 Å². The standard InChI is InChI=1S/C22H26ClNO/c23-21-12-10-18(11-13-21)6-4-5-9-22(25)24-16-14-20(15-17-24)19-7-2-1-3-8-19/h1-3,7-8,10-13,20H,4-6,9,14-17H2. The van der Waals surface area contributed by atoms with Crippen LogP contribution in [0.25, 0.3) is 0 Å². The molecule has 0 bridgehead atoms. The Morgan fingerprint density at radius 1 is 0.960 bits per heavy atom. The van der Waals surface area contributed by atoms with Crippen molar-refractivity contribution in [3.05, 3.63) is 70.7 Å². The van der Waals surface area contributed by atoms with Crippen molar-refractivity contribution in [2.75, 3.05) is 13.1 Å². The fourth-order valence-electron chi connectivity index (χ4n) is 3.60. The summed E-state index contributed by atoms with van der Waals surface area (Å²) in [7, 11) is 0. The van der Waals surface area contributed by atoms with Crippen molar-refractivity contribution >= 4 is 17.5 Å². The molecule has 3 rings (SSSR count). The fourth-order valence-corrected chi connectivity index (χ4v) is 3.73. The van der Waals surface area contributed by atoms with E-state index in [0.29, 0.717) is 18.2 Å². The number of unbranched alkanes of at least 4 members (excludes halogenated alkanes) is 1. The van der Waals surface area contributed by atoms with Crippen LogP contribution in [-0.2, 0) is 11.2 Å². The van der Waals surface area contributed by atoms with Crippen LogP contribution in [0.1, 0.15) is 49.1 Å². The molecule has 0 saturated carbocycles. The number of amides is 1. The third-order valence-corrected chi connectivity index (χ3v) is 5.39. The molecule has 0 unspecified atom stereocenters. The minimum absolute atomic E-state index is 0.322. The van der Waals surface area contributed by atoms with Gasteiger partial charge in [0.1, 0.15) is 0 Å². The van der Waals surface area contributed by atoms with Gasteiger partial charge in [0.15, 0.2) is 0 Å². The number of hydrogen-bond acceptors (Lipinski definition) is 1. The summed E-state index contributed by atoms with van der Waals surface area (Å²) in [6, 6.07) is 18.7. The van der Waals surface area contributed by atoms with Crippen molar-refractivity contribution < 1.29 is 4.79 Å². The predicted molar refractivity (Wildman–Crippen MR) is 104 cm³/mol. The second kappa shape index (κ2) is 9.05. The van der Waals surface area contributed by atoms with Gasteiger partial charge in [-0.2, -0.15) is 0 Å². The van der Waals surface area contributed by atoms with Gasteiger partial charge in [-0.05, 0) is 61.3 Å².